The zero-order chi connectivity index (χ0) is 13.0. The second-order valence-corrected chi connectivity index (χ2v) is 4.79. The number of rotatable bonds is 4. The first-order valence-electron chi connectivity index (χ1n) is 4.97. The average Bonchev–Trinajstić information content (AvgIpc) is 2.39. The van der Waals surface area contributed by atoms with E-state index in [9.17, 15) is 8.42 Å². The van der Waals surface area contributed by atoms with Gasteiger partial charge in [-0.25, -0.2) is 9.97 Å². The van der Waals surface area contributed by atoms with E-state index in [4.69, 9.17) is 8.92 Å². The van der Waals surface area contributed by atoms with Crippen LogP contribution in [0, 0.1) is 0 Å². The van der Waals surface area contributed by atoms with Crippen LogP contribution in [0.25, 0.3) is 0 Å². The van der Waals surface area contributed by atoms with Crippen molar-refractivity contribution >= 4 is 10.1 Å². The molecule has 2 aromatic rings. The maximum atomic E-state index is 11.9. The maximum absolute atomic E-state index is 11.9. The smallest absolute Gasteiger partial charge is 0.341 e. The Bertz CT molecular complexity index is 611. The molecule has 0 atom stereocenters. The Morgan fingerprint density at radius 2 is 1.67 bits per heavy atom. The molecule has 0 aliphatic carbocycles. The van der Waals surface area contributed by atoms with Crippen molar-refractivity contribution in [1.29, 1.82) is 0 Å². The number of methoxy groups -OCH3 is 1. The summed E-state index contributed by atoms with van der Waals surface area (Å²) in [5.74, 6) is 0.560. The van der Waals surface area contributed by atoms with Crippen LogP contribution >= 0.6 is 0 Å². The largest absolute Gasteiger partial charge is 0.497 e. The molecule has 18 heavy (non-hydrogen) atoms. The van der Waals surface area contributed by atoms with Crippen molar-refractivity contribution in [2.45, 2.75) is 4.90 Å². The quantitative estimate of drug-likeness (QED) is 0.775. The highest BCUT2D eigenvalue weighted by Gasteiger charge is 2.17. The van der Waals surface area contributed by atoms with Gasteiger partial charge >= 0.3 is 16.1 Å². The minimum Gasteiger partial charge on any atom is -0.497 e. The molecule has 0 saturated carbocycles. The lowest BCUT2D eigenvalue weighted by Gasteiger charge is -2.05. The van der Waals surface area contributed by atoms with Crippen molar-refractivity contribution in [2.75, 3.05) is 7.11 Å². The van der Waals surface area contributed by atoms with E-state index >= 15 is 0 Å². The van der Waals surface area contributed by atoms with Crippen molar-refractivity contribution in [3.63, 3.8) is 0 Å². The van der Waals surface area contributed by atoms with E-state index in [0.717, 1.165) is 0 Å². The van der Waals surface area contributed by atoms with Crippen LogP contribution < -0.4 is 8.92 Å². The summed E-state index contributed by atoms with van der Waals surface area (Å²) in [6.07, 6.45) is 2.79. The van der Waals surface area contributed by atoms with E-state index in [-0.39, 0.29) is 10.9 Å². The summed E-state index contributed by atoms with van der Waals surface area (Å²) in [7, 11) is -2.42. The molecule has 0 fully saturated rings. The monoisotopic (exact) mass is 266 g/mol. The van der Waals surface area contributed by atoms with Gasteiger partial charge in [0.15, 0.2) is 0 Å². The minimum absolute atomic E-state index is 0.00996. The van der Waals surface area contributed by atoms with E-state index in [1.165, 1.54) is 43.8 Å². The van der Waals surface area contributed by atoms with E-state index < -0.39 is 10.1 Å². The molecule has 0 bridgehead atoms. The highest BCUT2D eigenvalue weighted by atomic mass is 32.2. The molecule has 1 heterocycles. The first-order valence-corrected chi connectivity index (χ1v) is 6.38. The van der Waals surface area contributed by atoms with Crippen LogP contribution in [0.3, 0.4) is 0 Å². The second kappa shape index (κ2) is 5.01. The molecular formula is C11H10N2O4S. The minimum atomic E-state index is -3.92. The van der Waals surface area contributed by atoms with Crippen LogP contribution in [0.15, 0.2) is 47.6 Å². The van der Waals surface area contributed by atoms with Crippen molar-refractivity contribution in [1.82, 2.24) is 9.97 Å². The van der Waals surface area contributed by atoms with Gasteiger partial charge in [-0.15, -0.1) is 0 Å². The molecule has 1 aromatic heterocycles. The molecule has 0 N–H and O–H groups in total. The summed E-state index contributed by atoms with van der Waals surface area (Å²) in [6, 6.07) is 7.18. The summed E-state index contributed by atoms with van der Waals surface area (Å²) in [6.45, 7) is 0. The summed E-state index contributed by atoms with van der Waals surface area (Å²) in [5.41, 5.74) is 0. The molecule has 0 spiro atoms. The maximum Gasteiger partial charge on any atom is 0.341 e. The number of benzene rings is 1. The Hall–Kier alpha value is -2.15. The molecule has 0 aliphatic rings. The van der Waals surface area contributed by atoms with Crippen LogP contribution in [0.4, 0.5) is 0 Å². The third-order valence-corrected chi connectivity index (χ3v) is 3.29. The molecule has 7 heteroatoms. The normalized spacial score (nSPS) is 10.9. The van der Waals surface area contributed by atoms with Crippen molar-refractivity contribution in [2.24, 2.45) is 0 Å². The van der Waals surface area contributed by atoms with Gasteiger partial charge in [-0.1, -0.05) is 0 Å². The van der Waals surface area contributed by atoms with E-state index in [2.05, 4.69) is 9.97 Å². The van der Waals surface area contributed by atoms with Gasteiger partial charge in [0, 0.05) is 12.4 Å². The zero-order valence-electron chi connectivity index (χ0n) is 9.48. The first kappa shape index (κ1) is 12.3. The number of aromatic nitrogens is 2. The van der Waals surface area contributed by atoms with Crippen molar-refractivity contribution in [3.05, 3.63) is 42.7 Å². The highest BCUT2D eigenvalue weighted by Crippen LogP contribution is 2.18. The lowest BCUT2D eigenvalue weighted by atomic mass is 10.3. The molecule has 0 unspecified atom stereocenters. The molecule has 6 nitrogen and oxygen atoms in total. The molecular weight excluding hydrogens is 256 g/mol. The average molecular weight is 266 g/mol. The lowest BCUT2D eigenvalue weighted by Crippen LogP contribution is -2.11. The van der Waals surface area contributed by atoms with Crippen LogP contribution in [0.5, 0.6) is 11.8 Å². The lowest BCUT2D eigenvalue weighted by molar-refractivity contribution is 0.414. The van der Waals surface area contributed by atoms with E-state index in [0.29, 0.717) is 5.75 Å². The van der Waals surface area contributed by atoms with Gasteiger partial charge in [-0.2, -0.15) is 8.42 Å². The van der Waals surface area contributed by atoms with Crippen molar-refractivity contribution < 1.29 is 17.3 Å². The number of hydrogen-bond donors (Lipinski definition) is 0. The fourth-order valence-electron chi connectivity index (χ4n) is 1.22. The zero-order valence-corrected chi connectivity index (χ0v) is 10.3. The molecule has 0 aliphatic heterocycles. The standard InChI is InChI=1S/C11H10N2O4S/c1-16-9-3-5-10(6-4-9)18(14,15)17-11-12-7-2-8-13-11/h2-8H,1H3. The summed E-state index contributed by atoms with van der Waals surface area (Å²) < 4.78 is 33.4. The first-order chi connectivity index (χ1) is 8.62. The van der Waals surface area contributed by atoms with E-state index in [1.807, 2.05) is 0 Å². The number of ether oxygens (including phenoxy) is 1. The van der Waals surface area contributed by atoms with Gasteiger partial charge in [-0.05, 0) is 30.3 Å². The molecule has 1 aromatic carbocycles. The number of hydrogen-bond acceptors (Lipinski definition) is 6. The van der Waals surface area contributed by atoms with Gasteiger partial charge < -0.3 is 8.92 Å². The fourth-order valence-corrected chi connectivity index (χ4v) is 2.07. The Labute approximate surface area is 104 Å². The SMILES string of the molecule is COc1ccc(S(=O)(=O)Oc2ncccn2)cc1. The third-order valence-electron chi connectivity index (χ3n) is 2.07. The van der Waals surface area contributed by atoms with Gasteiger partial charge in [0.1, 0.15) is 10.6 Å². The fraction of sp³-hybridized carbons (Fsp3) is 0.0909. The molecule has 0 radical (unpaired) electrons. The summed E-state index contributed by atoms with van der Waals surface area (Å²) >= 11 is 0. The number of nitrogens with zero attached hydrogens (tertiary/aromatic N) is 2. The molecule has 0 amide bonds. The predicted octanol–water partition coefficient (Wildman–Crippen LogP) is 1.25. The van der Waals surface area contributed by atoms with Gasteiger partial charge in [0.05, 0.1) is 7.11 Å². The molecule has 0 saturated heterocycles. The predicted molar refractivity (Wildman–Crippen MR) is 62.8 cm³/mol. The van der Waals surface area contributed by atoms with Crippen LogP contribution in [-0.4, -0.2) is 25.5 Å². The Morgan fingerprint density at radius 1 is 1.06 bits per heavy atom. The molecule has 94 valence electrons. The topological polar surface area (TPSA) is 78.4 Å². The van der Waals surface area contributed by atoms with Crippen LogP contribution in [0.2, 0.25) is 0 Å². The van der Waals surface area contributed by atoms with Crippen molar-refractivity contribution in [3.8, 4) is 11.8 Å². The Balaban J connectivity index is 2.25. The highest BCUT2D eigenvalue weighted by molar-refractivity contribution is 7.87. The van der Waals surface area contributed by atoms with Gasteiger partial charge in [-0.3, -0.25) is 0 Å². The Morgan fingerprint density at radius 3 is 2.22 bits per heavy atom. The van der Waals surface area contributed by atoms with Gasteiger partial charge in [0.2, 0.25) is 0 Å². The van der Waals surface area contributed by atoms with Crippen LogP contribution in [0.1, 0.15) is 0 Å². The summed E-state index contributed by atoms with van der Waals surface area (Å²) in [4.78, 5) is 7.38. The third kappa shape index (κ3) is 2.75. The Kier molecular flexibility index (Phi) is 3.42. The van der Waals surface area contributed by atoms with E-state index in [1.54, 1.807) is 6.07 Å². The van der Waals surface area contributed by atoms with Gasteiger partial charge in [0.25, 0.3) is 0 Å². The second-order valence-electron chi connectivity index (χ2n) is 3.24. The molecule has 2 rings (SSSR count). The summed E-state index contributed by atoms with van der Waals surface area (Å²) in [5, 5.41) is 0. The van der Waals surface area contributed by atoms with Crippen LogP contribution in [-0.2, 0) is 10.1 Å².